The number of nitrogens with two attached hydrogens (primary N) is 1. The lowest BCUT2D eigenvalue weighted by atomic mass is 10.1. The van der Waals surface area contributed by atoms with Crippen molar-refractivity contribution in [1.29, 1.82) is 0 Å². The minimum atomic E-state index is 0.264. The van der Waals surface area contributed by atoms with Gasteiger partial charge in [-0.1, -0.05) is 0 Å². The van der Waals surface area contributed by atoms with E-state index < -0.39 is 0 Å². The van der Waals surface area contributed by atoms with Gasteiger partial charge in [0.15, 0.2) is 0 Å². The number of rotatable bonds is 7. The number of pyridine rings is 1. The summed E-state index contributed by atoms with van der Waals surface area (Å²) < 4.78 is 2.02. The lowest BCUT2D eigenvalue weighted by Crippen LogP contribution is -2.24. The average Bonchev–Trinajstić information content (AvgIpc) is 3.52. The quantitative estimate of drug-likeness (QED) is 0.423. The number of hydrogen-bond donors (Lipinski definition) is 3. The normalized spacial score (nSPS) is 14.6. The fourth-order valence-corrected chi connectivity index (χ4v) is 4.19. The topological polar surface area (TPSA) is 114 Å². The van der Waals surface area contributed by atoms with Crippen molar-refractivity contribution >= 4 is 17.0 Å². The Morgan fingerprint density at radius 3 is 2.81 bits per heavy atom. The van der Waals surface area contributed by atoms with E-state index in [4.69, 9.17) is 5.73 Å². The maximum absolute atomic E-state index is 5.95. The van der Waals surface area contributed by atoms with Crippen LogP contribution >= 0.6 is 0 Å². The Morgan fingerprint density at radius 2 is 1.97 bits per heavy atom. The Bertz CT molecular complexity index is 1190. The van der Waals surface area contributed by atoms with Crippen molar-refractivity contribution in [3.05, 3.63) is 42.6 Å². The van der Waals surface area contributed by atoms with Crippen LogP contribution in [0.2, 0.25) is 0 Å². The molecule has 1 aliphatic rings. The van der Waals surface area contributed by atoms with Crippen LogP contribution in [0.5, 0.6) is 0 Å². The van der Waals surface area contributed by atoms with Gasteiger partial charge >= 0.3 is 0 Å². The smallest absolute Gasteiger partial charge is 0.220 e. The molecule has 0 unspecified atom stereocenters. The van der Waals surface area contributed by atoms with Gasteiger partial charge in [0.1, 0.15) is 5.65 Å². The predicted octanol–water partition coefficient (Wildman–Crippen LogP) is 2.28. The van der Waals surface area contributed by atoms with E-state index in [1.54, 1.807) is 0 Å². The summed E-state index contributed by atoms with van der Waals surface area (Å²) >= 11 is 0. The largest absolute Gasteiger partial charge is 0.368 e. The van der Waals surface area contributed by atoms with Gasteiger partial charge in [-0.2, -0.15) is 5.10 Å². The van der Waals surface area contributed by atoms with Gasteiger partial charge in [0.25, 0.3) is 0 Å². The first kappa shape index (κ1) is 19.7. The van der Waals surface area contributed by atoms with Crippen molar-refractivity contribution in [3.63, 3.8) is 0 Å². The van der Waals surface area contributed by atoms with E-state index in [9.17, 15) is 0 Å². The number of nitrogen functional groups attached to an aromatic ring is 1. The second-order valence-corrected chi connectivity index (χ2v) is 8.00. The lowest BCUT2D eigenvalue weighted by molar-refractivity contribution is 0.316. The Hall–Kier alpha value is -3.30. The highest BCUT2D eigenvalue weighted by molar-refractivity contribution is 5.95. The molecule has 0 radical (unpaired) electrons. The van der Waals surface area contributed by atoms with Crippen LogP contribution in [-0.4, -0.2) is 61.3 Å². The highest BCUT2D eigenvalue weighted by Crippen LogP contribution is 2.30. The lowest BCUT2D eigenvalue weighted by Gasteiger charge is -2.13. The standard InChI is InChI=1S/C22H27N9/c1-24-12-17-9-20(29-22(23)28-17)19-13-26-21-18(19)8-15(10-25-21)16-11-27-31(14-16)7-6-30-4-2-3-5-30/h8-11,13-14,24H,2-7,12H2,1H3,(H,25,26)(H2,23,28,29). The zero-order valence-corrected chi connectivity index (χ0v) is 17.7. The number of aromatic nitrogens is 6. The van der Waals surface area contributed by atoms with Crippen molar-refractivity contribution in [2.24, 2.45) is 0 Å². The first-order valence-corrected chi connectivity index (χ1v) is 10.7. The third kappa shape index (κ3) is 4.14. The van der Waals surface area contributed by atoms with Crippen LogP contribution in [0.1, 0.15) is 18.5 Å². The zero-order valence-electron chi connectivity index (χ0n) is 17.7. The fraction of sp³-hybridized carbons (Fsp3) is 0.364. The molecule has 0 saturated carbocycles. The first-order chi connectivity index (χ1) is 15.2. The van der Waals surface area contributed by atoms with Crippen LogP contribution in [0.15, 0.2) is 36.9 Å². The summed E-state index contributed by atoms with van der Waals surface area (Å²) in [6, 6.07) is 4.09. The Morgan fingerprint density at radius 1 is 1.10 bits per heavy atom. The molecule has 4 N–H and O–H groups in total. The van der Waals surface area contributed by atoms with E-state index in [0.29, 0.717) is 6.54 Å². The number of likely N-dealkylation sites (tertiary alicyclic amines) is 1. The van der Waals surface area contributed by atoms with Crippen LogP contribution < -0.4 is 11.1 Å². The molecular formula is C22H27N9. The molecule has 1 saturated heterocycles. The van der Waals surface area contributed by atoms with Crippen LogP contribution in [0.4, 0.5) is 5.95 Å². The molecule has 0 aromatic carbocycles. The highest BCUT2D eigenvalue weighted by Gasteiger charge is 2.14. The Kier molecular flexibility index (Phi) is 5.35. The number of H-pyrrole nitrogens is 1. The van der Waals surface area contributed by atoms with Gasteiger partial charge in [0, 0.05) is 53.8 Å². The van der Waals surface area contributed by atoms with Gasteiger partial charge in [-0.25, -0.2) is 15.0 Å². The van der Waals surface area contributed by atoms with Gasteiger partial charge in [-0.05, 0) is 45.1 Å². The van der Waals surface area contributed by atoms with Crippen molar-refractivity contribution in [2.75, 3.05) is 32.4 Å². The van der Waals surface area contributed by atoms with Crippen molar-refractivity contribution in [2.45, 2.75) is 25.9 Å². The molecule has 4 aromatic heterocycles. The van der Waals surface area contributed by atoms with Crippen LogP contribution in [0.3, 0.4) is 0 Å². The minimum Gasteiger partial charge on any atom is -0.368 e. The summed E-state index contributed by atoms with van der Waals surface area (Å²) in [5.74, 6) is 0.264. The van der Waals surface area contributed by atoms with E-state index in [1.165, 1.54) is 25.9 Å². The fourth-order valence-electron chi connectivity index (χ4n) is 4.19. The number of hydrogen-bond acceptors (Lipinski definition) is 7. The predicted molar refractivity (Wildman–Crippen MR) is 121 cm³/mol. The Balaban J connectivity index is 1.43. The minimum absolute atomic E-state index is 0.264. The van der Waals surface area contributed by atoms with Gasteiger partial charge in [-0.15, -0.1) is 0 Å². The van der Waals surface area contributed by atoms with Gasteiger partial charge in [0.2, 0.25) is 5.95 Å². The summed E-state index contributed by atoms with van der Waals surface area (Å²) in [5.41, 5.74) is 11.4. The van der Waals surface area contributed by atoms with Crippen molar-refractivity contribution < 1.29 is 0 Å². The molecule has 9 nitrogen and oxygen atoms in total. The number of nitrogens with one attached hydrogen (secondary N) is 2. The van der Waals surface area contributed by atoms with Gasteiger partial charge in [0.05, 0.1) is 24.1 Å². The molecule has 0 spiro atoms. The monoisotopic (exact) mass is 417 g/mol. The molecule has 0 amide bonds. The number of aromatic amines is 1. The summed E-state index contributed by atoms with van der Waals surface area (Å²) in [5, 5.41) is 8.66. The number of anilines is 1. The molecule has 1 aliphatic heterocycles. The number of nitrogens with zero attached hydrogens (tertiary/aromatic N) is 6. The second kappa shape index (κ2) is 8.44. The molecule has 5 heterocycles. The Labute approximate surface area is 180 Å². The van der Waals surface area contributed by atoms with Gasteiger partial charge < -0.3 is 20.9 Å². The molecule has 31 heavy (non-hydrogen) atoms. The third-order valence-electron chi connectivity index (χ3n) is 5.77. The molecule has 1 fully saturated rings. The van der Waals surface area contributed by atoms with Crippen LogP contribution in [0, 0.1) is 0 Å². The molecule has 4 aromatic rings. The van der Waals surface area contributed by atoms with Crippen LogP contribution in [0.25, 0.3) is 33.4 Å². The molecule has 9 heteroatoms. The molecule has 0 aliphatic carbocycles. The highest BCUT2D eigenvalue weighted by atomic mass is 15.3. The maximum atomic E-state index is 5.95. The van der Waals surface area contributed by atoms with Crippen molar-refractivity contribution in [3.8, 4) is 22.4 Å². The van der Waals surface area contributed by atoms with E-state index in [0.717, 1.165) is 52.2 Å². The summed E-state index contributed by atoms with van der Waals surface area (Å²) in [4.78, 5) is 19.1. The maximum Gasteiger partial charge on any atom is 0.220 e. The first-order valence-electron chi connectivity index (χ1n) is 10.7. The number of fused-ring (bicyclic) bond motifs is 1. The van der Waals surface area contributed by atoms with E-state index in [1.807, 2.05) is 36.4 Å². The van der Waals surface area contributed by atoms with E-state index >= 15 is 0 Å². The molecule has 5 rings (SSSR count). The molecule has 0 atom stereocenters. The van der Waals surface area contributed by atoms with Crippen molar-refractivity contribution in [1.82, 2.24) is 39.9 Å². The molecular weight excluding hydrogens is 390 g/mol. The SMILES string of the molecule is CNCc1cc(-c2c[nH]c3ncc(-c4cnn(CCN5CCCC5)c4)cc23)nc(N)n1. The van der Waals surface area contributed by atoms with E-state index in [2.05, 4.69) is 47.5 Å². The summed E-state index contributed by atoms with van der Waals surface area (Å²) in [6.45, 7) is 4.98. The summed E-state index contributed by atoms with van der Waals surface area (Å²) in [7, 11) is 1.88. The summed E-state index contributed by atoms with van der Waals surface area (Å²) in [6.07, 6.45) is 10.4. The average molecular weight is 418 g/mol. The van der Waals surface area contributed by atoms with Crippen LogP contribution in [-0.2, 0) is 13.1 Å². The molecule has 0 bridgehead atoms. The zero-order chi connectivity index (χ0) is 21.2. The third-order valence-corrected chi connectivity index (χ3v) is 5.77. The van der Waals surface area contributed by atoms with E-state index in [-0.39, 0.29) is 5.95 Å². The molecule has 160 valence electrons. The van der Waals surface area contributed by atoms with Gasteiger partial charge in [-0.3, -0.25) is 4.68 Å². The second-order valence-electron chi connectivity index (χ2n) is 8.00.